The zero-order valence-corrected chi connectivity index (χ0v) is 14.1. The zero-order valence-electron chi connectivity index (χ0n) is 13.3. The van der Waals surface area contributed by atoms with E-state index in [-0.39, 0.29) is 18.4 Å². The van der Waals surface area contributed by atoms with Crippen molar-refractivity contribution in [3.05, 3.63) is 35.7 Å². The number of ether oxygens (including phenoxy) is 1. The molecule has 0 saturated carbocycles. The van der Waals surface area contributed by atoms with Gasteiger partial charge in [0, 0.05) is 11.4 Å². The van der Waals surface area contributed by atoms with E-state index in [4.69, 9.17) is 4.74 Å². The van der Waals surface area contributed by atoms with Gasteiger partial charge < -0.3 is 15.4 Å². The number of rotatable bonds is 0. The van der Waals surface area contributed by atoms with E-state index in [1.54, 1.807) is 6.07 Å². The Morgan fingerprint density at radius 2 is 1.62 bits per heavy atom. The summed E-state index contributed by atoms with van der Waals surface area (Å²) < 4.78 is 5.12. The third-order valence-corrected chi connectivity index (χ3v) is 4.28. The zero-order chi connectivity index (χ0) is 17.1. The van der Waals surface area contributed by atoms with Crippen LogP contribution in [0.1, 0.15) is 11.4 Å². The first-order valence-electron chi connectivity index (χ1n) is 7.32. The van der Waals surface area contributed by atoms with Gasteiger partial charge in [-0.3, -0.25) is 9.59 Å². The van der Waals surface area contributed by atoms with Gasteiger partial charge in [-0.2, -0.15) is 0 Å². The van der Waals surface area contributed by atoms with Gasteiger partial charge in [-0.1, -0.05) is 0 Å². The maximum atomic E-state index is 11.0. The fourth-order valence-corrected chi connectivity index (χ4v) is 2.88. The van der Waals surface area contributed by atoms with Crippen molar-refractivity contribution >= 4 is 35.2 Å². The van der Waals surface area contributed by atoms with E-state index in [1.165, 1.54) is 11.8 Å². The molecule has 4 heterocycles. The maximum Gasteiger partial charge on any atom is 0.263 e. The molecule has 7 nitrogen and oxygen atoms in total. The summed E-state index contributed by atoms with van der Waals surface area (Å²) in [4.78, 5) is 31.2. The van der Waals surface area contributed by atoms with Gasteiger partial charge in [0.2, 0.25) is 5.91 Å². The molecule has 4 rings (SSSR count). The first-order chi connectivity index (χ1) is 11.5. The first-order valence-corrected chi connectivity index (χ1v) is 8.30. The quantitative estimate of drug-likeness (QED) is 0.761. The Morgan fingerprint density at radius 1 is 0.958 bits per heavy atom. The van der Waals surface area contributed by atoms with Gasteiger partial charge in [-0.15, -0.1) is 11.8 Å². The van der Waals surface area contributed by atoms with Gasteiger partial charge in [-0.05, 0) is 38.1 Å². The number of fused-ring (bicyclic) bond motifs is 2. The van der Waals surface area contributed by atoms with Crippen LogP contribution in [0, 0.1) is 13.8 Å². The molecule has 0 radical (unpaired) electrons. The van der Waals surface area contributed by atoms with Crippen LogP contribution in [-0.4, -0.2) is 34.1 Å². The monoisotopic (exact) mass is 344 g/mol. The third-order valence-electron chi connectivity index (χ3n) is 3.23. The number of aromatic nitrogens is 2. The van der Waals surface area contributed by atoms with Crippen molar-refractivity contribution in [3.8, 4) is 5.75 Å². The highest BCUT2D eigenvalue weighted by Crippen LogP contribution is 2.29. The Kier molecular flexibility index (Phi) is 4.66. The molecule has 0 atom stereocenters. The molecule has 0 fully saturated rings. The van der Waals surface area contributed by atoms with E-state index in [0.717, 1.165) is 16.3 Å². The van der Waals surface area contributed by atoms with E-state index in [0.29, 0.717) is 23.1 Å². The number of amides is 2. The smallest absolute Gasteiger partial charge is 0.263 e. The molecule has 124 valence electrons. The SMILES string of the molecule is Cc1ccc2c(n1)NC(=O)CO2.Cc1ccc2c(n1)NC(=O)CS2. The number of hydrogen-bond donors (Lipinski definition) is 2. The third kappa shape index (κ3) is 3.83. The van der Waals surface area contributed by atoms with Crippen LogP contribution in [0.4, 0.5) is 11.6 Å². The molecule has 2 amide bonds. The second-order valence-corrected chi connectivity index (χ2v) is 6.29. The number of nitrogens with zero attached hydrogens (tertiary/aromatic N) is 2. The average molecular weight is 344 g/mol. The van der Waals surface area contributed by atoms with Crippen molar-refractivity contribution in [2.24, 2.45) is 0 Å². The Labute approximate surface area is 143 Å². The first kappa shape index (κ1) is 16.3. The van der Waals surface area contributed by atoms with E-state index in [9.17, 15) is 9.59 Å². The van der Waals surface area contributed by atoms with Gasteiger partial charge in [0.15, 0.2) is 18.2 Å². The van der Waals surface area contributed by atoms with Crippen LogP contribution in [0.5, 0.6) is 5.75 Å². The number of anilines is 2. The van der Waals surface area contributed by atoms with Gasteiger partial charge in [0.05, 0.1) is 10.6 Å². The minimum Gasteiger partial charge on any atom is -0.480 e. The minimum absolute atomic E-state index is 0.0330. The van der Waals surface area contributed by atoms with E-state index in [1.807, 2.05) is 32.0 Å². The van der Waals surface area contributed by atoms with E-state index >= 15 is 0 Å². The normalized spacial score (nSPS) is 14.9. The molecule has 24 heavy (non-hydrogen) atoms. The van der Waals surface area contributed by atoms with Gasteiger partial charge in [-0.25, -0.2) is 9.97 Å². The molecule has 0 spiro atoms. The summed E-state index contributed by atoms with van der Waals surface area (Å²) in [6.45, 7) is 3.85. The molecule has 0 aromatic carbocycles. The van der Waals surface area contributed by atoms with Crippen LogP contribution in [-0.2, 0) is 9.59 Å². The number of aryl methyl sites for hydroxylation is 2. The van der Waals surface area contributed by atoms with E-state index < -0.39 is 0 Å². The lowest BCUT2D eigenvalue weighted by molar-refractivity contribution is -0.118. The standard InChI is InChI=1S/C8H8N2O2.C8H8N2OS/c2*1-5-2-3-6-8(9-5)10-7(11)4-12-6/h2*2-3H,4H2,1H3,(H,9,10,11). The molecule has 2 aromatic heterocycles. The molecule has 2 aliphatic rings. The van der Waals surface area contributed by atoms with Gasteiger partial charge in [0.1, 0.15) is 5.82 Å². The largest absolute Gasteiger partial charge is 0.480 e. The second kappa shape index (κ2) is 6.88. The summed E-state index contributed by atoms with van der Waals surface area (Å²) in [7, 11) is 0. The van der Waals surface area contributed by atoms with Crippen LogP contribution in [0.25, 0.3) is 0 Å². The van der Waals surface area contributed by atoms with Crippen LogP contribution < -0.4 is 15.4 Å². The molecule has 0 saturated heterocycles. The van der Waals surface area contributed by atoms with Gasteiger partial charge >= 0.3 is 0 Å². The fourth-order valence-electron chi connectivity index (χ4n) is 2.12. The average Bonchev–Trinajstić information content (AvgIpc) is 2.54. The number of nitrogens with one attached hydrogen (secondary N) is 2. The van der Waals surface area contributed by atoms with Crippen molar-refractivity contribution in [1.82, 2.24) is 9.97 Å². The highest BCUT2D eigenvalue weighted by Gasteiger charge is 2.16. The predicted octanol–water partition coefficient (Wildman–Crippen LogP) is 2.16. The van der Waals surface area contributed by atoms with Crippen molar-refractivity contribution in [2.75, 3.05) is 23.0 Å². The number of pyridine rings is 2. The molecule has 2 aromatic rings. The van der Waals surface area contributed by atoms with Crippen molar-refractivity contribution in [2.45, 2.75) is 18.7 Å². The van der Waals surface area contributed by atoms with E-state index in [2.05, 4.69) is 20.6 Å². The Balaban J connectivity index is 0.000000141. The van der Waals surface area contributed by atoms with Gasteiger partial charge in [0.25, 0.3) is 5.91 Å². The number of hydrogen-bond acceptors (Lipinski definition) is 6. The lowest BCUT2D eigenvalue weighted by Crippen LogP contribution is -2.26. The molecule has 2 aliphatic heterocycles. The predicted molar refractivity (Wildman–Crippen MR) is 91.4 cm³/mol. The fraction of sp³-hybridized carbons (Fsp3) is 0.250. The Morgan fingerprint density at radius 3 is 2.42 bits per heavy atom. The van der Waals surface area contributed by atoms with Crippen LogP contribution in [0.2, 0.25) is 0 Å². The number of carbonyl (C=O) groups is 2. The van der Waals surface area contributed by atoms with Crippen molar-refractivity contribution in [3.63, 3.8) is 0 Å². The summed E-state index contributed by atoms with van der Waals surface area (Å²) >= 11 is 1.53. The summed E-state index contributed by atoms with van der Waals surface area (Å²) in [6.07, 6.45) is 0. The highest BCUT2D eigenvalue weighted by molar-refractivity contribution is 8.00. The molecule has 0 unspecified atom stereocenters. The molecular weight excluding hydrogens is 328 g/mol. The molecule has 0 bridgehead atoms. The summed E-state index contributed by atoms with van der Waals surface area (Å²) in [6, 6.07) is 7.58. The minimum atomic E-state index is -0.152. The van der Waals surface area contributed by atoms with Crippen molar-refractivity contribution in [1.29, 1.82) is 0 Å². The van der Waals surface area contributed by atoms with Crippen molar-refractivity contribution < 1.29 is 14.3 Å². The van der Waals surface area contributed by atoms with Crippen LogP contribution in [0.15, 0.2) is 29.2 Å². The highest BCUT2D eigenvalue weighted by atomic mass is 32.2. The molecule has 0 aliphatic carbocycles. The molecular formula is C16H16N4O3S. The summed E-state index contributed by atoms with van der Waals surface area (Å²) in [5, 5.41) is 5.36. The number of thioether (sulfide) groups is 1. The number of carbonyl (C=O) groups excluding carboxylic acids is 2. The summed E-state index contributed by atoms with van der Waals surface area (Å²) in [5.41, 5.74) is 1.79. The maximum absolute atomic E-state index is 11.0. The van der Waals surface area contributed by atoms with Crippen LogP contribution in [0.3, 0.4) is 0 Å². The molecule has 8 heteroatoms. The topological polar surface area (TPSA) is 93.2 Å². The second-order valence-electron chi connectivity index (χ2n) is 5.27. The Bertz CT molecular complexity index is 742. The Hall–Kier alpha value is -2.61. The lowest BCUT2D eigenvalue weighted by Gasteiger charge is -2.16. The lowest BCUT2D eigenvalue weighted by atomic mass is 10.3. The summed E-state index contributed by atoms with van der Waals surface area (Å²) in [5.74, 6) is 2.24. The van der Waals surface area contributed by atoms with Crippen LogP contribution >= 0.6 is 11.8 Å². The molecule has 2 N–H and O–H groups in total.